The van der Waals surface area contributed by atoms with Gasteiger partial charge in [-0.25, -0.2) is 4.79 Å². The van der Waals surface area contributed by atoms with Crippen LogP contribution < -0.4 is 0 Å². The number of rotatable bonds is 8. The lowest BCUT2D eigenvalue weighted by molar-refractivity contribution is -0.298. The van der Waals surface area contributed by atoms with Crippen molar-refractivity contribution in [3.63, 3.8) is 0 Å². The van der Waals surface area contributed by atoms with E-state index >= 15 is 0 Å². The van der Waals surface area contributed by atoms with Crippen molar-refractivity contribution in [1.29, 1.82) is 0 Å². The predicted molar refractivity (Wildman–Crippen MR) is 172 cm³/mol. The summed E-state index contributed by atoms with van der Waals surface area (Å²) in [6.07, 6.45) is -6.43. The summed E-state index contributed by atoms with van der Waals surface area (Å²) in [7, 11) is 5.13. The van der Waals surface area contributed by atoms with Gasteiger partial charge in [0.1, 0.15) is 17.8 Å². The van der Waals surface area contributed by atoms with E-state index in [1.54, 1.807) is 27.7 Å². The minimum atomic E-state index is -1.65. The SMILES string of the molecule is CO[C@]1(C)C[C@@H](C)C(=O)[C@H](C)[C@H]2OC(=O)O[C@]2(C)[C@@H](CCN=[N+]=[N-])OC(=O)[C@H](C)C(=O)[C@H](C)[C@H]1OC1OC(C)CC(N(C)C)C1OC(C)=O. The van der Waals surface area contributed by atoms with E-state index in [0.717, 1.165) is 0 Å². The number of carbonyl (C=O) groups is 5. The Hall–Kier alpha value is -3.30. The van der Waals surface area contributed by atoms with E-state index in [2.05, 4.69) is 10.0 Å². The van der Waals surface area contributed by atoms with Gasteiger partial charge in [0, 0.05) is 37.3 Å². The fourth-order valence-corrected chi connectivity index (χ4v) is 7.43. The Morgan fingerprint density at radius 1 is 1.04 bits per heavy atom. The van der Waals surface area contributed by atoms with Crippen molar-refractivity contribution in [3.05, 3.63) is 10.4 Å². The van der Waals surface area contributed by atoms with Gasteiger partial charge in [-0.2, -0.15) is 0 Å². The van der Waals surface area contributed by atoms with E-state index in [1.165, 1.54) is 27.9 Å². The molecule has 16 nitrogen and oxygen atoms in total. The number of likely N-dealkylation sites (N-methyl/N-ethyl adjacent to an activating group) is 1. The lowest BCUT2D eigenvalue weighted by Crippen LogP contribution is -2.60. The van der Waals surface area contributed by atoms with Crippen LogP contribution in [0.3, 0.4) is 0 Å². The molecular weight excluding hydrogens is 644 g/mol. The van der Waals surface area contributed by atoms with Gasteiger partial charge in [-0.1, -0.05) is 25.9 Å². The molecule has 4 unspecified atom stereocenters. The second-order valence-corrected chi connectivity index (χ2v) is 14.2. The number of fused-ring (bicyclic) bond motifs is 1. The van der Waals surface area contributed by atoms with Crippen LogP contribution in [0.5, 0.6) is 0 Å². The molecule has 0 radical (unpaired) electrons. The van der Waals surface area contributed by atoms with Crippen LogP contribution in [-0.4, -0.2) is 116 Å². The number of nitrogens with zero attached hydrogens (tertiary/aromatic N) is 4. The molecule has 13 atom stereocenters. The molecule has 3 fully saturated rings. The highest BCUT2D eigenvalue weighted by Crippen LogP contribution is 2.42. The molecule has 276 valence electrons. The number of Topliss-reactive ketones (excluding diaryl/α,β-unsaturated/α-hetero) is 2. The molecule has 0 saturated carbocycles. The second kappa shape index (κ2) is 16.2. The molecule has 16 heteroatoms. The van der Waals surface area contributed by atoms with Gasteiger partial charge in [-0.05, 0) is 66.6 Å². The molecule has 3 saturated heterocycles. The van der Waals surface area contributed by atoms with Gasteiger partial charge in [0.15, 0.2) is 29.9 Å². The average molecular weight is 697 g/mol. The minimum absolute atomic E-state index is 0.0456. The Morgan fingerprint density at radius 3 is 2.27 bits per heavy atom. The van der Waals surface area contributed by atoms with E-state index < -0.39 is 89.5 Å². The van der Waals surface area contributed by atoms with E-state index in [9.17, 15) is 24.0 Å². The molecule has 49 heavy (non-hydrogen) atoms. The monoisotopic (exact) mass is 696 g/mol. The Balaban J connectivity index is 2.14. The summed E-state index contributed by atoms with van der Waals surface area (Å²) in [6.45, 7) is 12.5. The molecule has 3 aliphatic heterocycles. The second-order valence-electron chi connectivity index (χ2n) is 14.2. The molecule has 0 aromatic heterocycles. The van der Waals surface area contributed by atoms with E-state index in [0.29, 0.717) is 6.42 Å². The average Bonchev–Trinajstić information content (AvgIpc) is 3.35. The molecule has 0 N–H and O–H groups in total. The maximum atomic E-state index is 14.2. The molecule has 0 amide bonds. The highest BCUT2D eigenvalue weighted by atomic mass is 16.8. The smallest absolute Gasteiger partial charge is 0.457 e. The number of hydrogen-bond acceptors (Lipinski definition) is 14. The maximum absolute atomic E-state index is 14.2. The topological polar surface area (TPSA) is 202 Å². The van der Waals surface area contributed by atoms with Crippen molar-refractivity contribution >= 4 is 29.7 Å². The van der Waals surface area contributed by atoms with E-state index in [-0.39, 0.29) is 37.3 Å². The molecule has 0 aromatic rings. The molecule has 0 aliphatic carbocycles. The number of esters is 2. The van der Waals surface area contributed by atoms with Crippen molar-refractivity contribution in [1.82, 2.24) is 4.90 Å². The molecule has 0 aromatic carbocycles. The third-order valence-electron chi connectivity index (χ3n) is 10.2. The fourth-order valence-electron chi connectivity index (χ4n) is 7.43. The minimum Gasteiger partial charge on any atom is -0.457 e. The van der Waals surface area contributed by atoms with Crippen LogP contribution >= 0.6 is 0 Å². The van der Waals surface area contributed by atoms with Crippen molar-refractivity contribution in [2.45, 2.75) is 129 Å². The summed E-state index contributed by atoms with van der Waals surface area (Å²) in [5.74, 6) is -6.39. The first-order valence-corrected chi connectivity index (χ1v) is 16.7. The lowest BCUT2D eigenvalue weighted by Gasteiger charge is -2.47. The number of carbonyl (C=O) groups excluding carboxylic acids is 5. The van der Waals surface area contributed by atoms with Gasteiger partial charge in [-0.3, -0.25) is 19.2 Å². The Labute approximate surface area is 287 Å². The maximum Gasteiger partial charge on any atom is 0.509 e. The van der Waals surface area contributed by atoms with Crippen LogP contribution in [-0.2, 0) is 52.3 Å². The number of cyclic esters (lactones) is 1. The molecular formula is C33H52N4O12. The van der Waals surface area contributed by atoms with Crippen LogP contribution in [0.2, 0.25) is 0 Å². The standard InChI is InChI=1S/C33H52N4O12/c1-16-15-32(7,43-11)27(47-30-26(45-21(6)38)22(37(9)10)14-17(2)44-30)19(4)25(40)20(5)29(41)46-23(12-13-35-36-34)33(8)28(18(3)24(16)39)48-31(42)49-33/h16-20,22-23,26-28,30H,12-15H2,1-11H3/t16-,17?,18+,19+,20-,22?,23-,26?,27-,28-,30?,32-,33-/m1/s1. The van der Waals surface area contributed by atoms with Gasteiger partial charge < -0.3 is 38.1 Å². The Bertz CT molecular complexity index is 1310. The summed E-state index contributed by atoms with van der Waals surface area (Å²) in [4.78, 5) is 71.5. The third-order valence-corrected chi connectivity index (χ3v) is 10.2. The first-order valence-electron chi connectivity index (χ1n) is 16.7. The molecule has 3 aliphatic rings. The summed E-state index contributed by atoms with van der Waals surface area (Å²) in [5, 5.41) is 3.54. The predicted octanol–water partition coefficient (Wildman–Crippen LogP) is 3.77. The number of ether oxygens (including phenoxy) is 7. The van der Waals surface area contributed by atoms with Gasteiger partial charge in [0.25, 0.3) is 0 Å². The third kappa shape index (κ3) is 8.72. The summed E-state index contributed by atoms with van der Waals surface area (Å²) in [6, 6.07) is -0.292. The van der Waals surface area contributed by atoms with Crippen molar-refractivity contribution in [3.8, 4) is 0 Å². The molecule has 3 rings (SSSR count). The Morgan fingerprint density at radius 2 is 1.69 bits per heavy atom. The van der Waals surface area contributed by atoms with Gasteiger partial charge >= 0.3 is 18.1 Å². The number of azide groups is 1. The van der Waals surface area contributed by atoms with Crippen LogP contribution in [0.1, 0.15) is 74.7 Å². The highest BCUT2D eigenvalue weighted by molar-refractivity contribution is 6.00. The fraction of sp³-hybridized carbons (Fsp3) is 0.848. The zero-order valence-electron chi connectivity index (χ0n) is 30.4. The van der Waals surface area contributed by atoms with Crippen LogP contribution in [0.15, 0.2) is 5.11 Å². The van der Waals surface area contributed by atoms with Crippen LogP contribution in [0, 0.1) is 23.7 Å². The first-order chi connectivity index (χ1) is 22.8. The van der Waals surface area contributed by atoms with Gasteiger partial charge in [0.05, 0.1) is 29.8 Å². The van der Waals surface area contributed by atoms with Crippen molar-refractivity contribution < 1.29 is 57.1 Å². The quantitative estimate of drug-likeness (QED) is 0.0887. The summed E-state index contributed by atoms with van der Waals surface area (Å²) >= 11 is 0. The van der Waals surface area contributed by atoms with Crippen molar-refractivity contribution in [2.24, 2.45) is 28.8 Å². The molecule has 3 heterocycles. The summed E-state index contributed by atoms with van der Waals surface area (Å²) < 4.78 is 41.6. The number of methoxy groups -OCH3 is 1. The van der Waals surface area contributed by atoms with E-state index in [4.69, 9.17) is 38.7 Å². The van der Waals surface area contributed by atoms with Gasteiger partial charge in [-0.15, -0.1) is 0 Å². The van der Waals surface area contributed by atoms with Gasteiger partial charge in [0.2, 0.25) is 0 Å². The normalized spacial score (nSPS) is 40.7. The lowest BCUT2D eigenvalue weighted by atomic mass is 9.74. The number of hydrogen-bond donors (Lipinski definition) is 0. The largest absolute Gasteiger partial charge is 0.509 e. The number of ketones is 2. The molecule has 0 bridgehead atoms. The van der Waals surface area contributed by atoms with Crippen molar-refractivity contribution in [2.75, 3.05) is 27.7 Å². The Kier molecular flexibility index (Phi) is 13.2. The molecule has 0 spiro atoms. The van der Waals surface area contributed by atoms with Crippen LogP contribution in [0.4, 0.5) is 4.79 Å². The highest BCUT2D eigenvalue weighted by Gasteiger charge is 2.59. The summed E-state index contributed by atoms with van der Waals surface area (Å²) in [5.41, 5.74) is 5.89. The zero-order chi connectivity index (χ0) is 37.0. The van der Waals surface area contributed by atoms with Crippen LogP contribution in [0.25, 0.3) is 10.4 Å². The van der Waals surface area contributed by atoms with E-state index in [1.807, 2.05) is 25.9 Å². The first kappa shape index (κ1) is 40.1. The zero-order valence-corrected chi connectivity index (χ0v) is 30.4.